The Morgan fingerprint density at radius 2 is 2.29 bits per heavy atom. The second-order valence-corrected chi connectivity index (χ2v) is 4.67. The van der Waals surface area contributed by atoms with Gasteiger partial charge in [0.15, 0.2) is 6.61 Å². The molecule has 0 spiro atoms. The standard InChI is InChI=1S/C13H15F3N2O3/c1-9-7-18(5-6-20-9)12(19)8-21-11-4-2-3-10(17-11)13(14,15)16/h2-4,9H,5-8H2,1H3. The summed E-state index contributed by atoms with van der Waals surface area (Å²) in [6, 6.07) is 3.31. The number of carbonyl (C=O) groups is 1. The van der Waals surface area contributed by atoms with Gasteiger partial charge in [0.05, 0.1) is 12.7 Å². The van der Waals surface area contributed by atoms with Crippen molar-refractivity contribution in [2.75, 3.05) is 26.3 Å². The number of hydrogen-bond acceptors (Lipinski definition) is 4. The van der Waals surface area contributed by atoms with Gasteiger partial charge in [0.1, 0.15) is 5.69 Å². The SMILES string of the molecule is CC1CN(C(=O)COc2cccc(C(F)(F)F)n2)CCO1. The Morgan fingerprint density at radius 1 is 1.52 bits per heavy atom. The van der Waals surface area contributed by atoms with E-state index in [0.717, 1.165) is 6.07 Å². The quantitative estimate of drug-likeness (QED) is 0.853. The van der Waals surface area contributed by atoms with E-state index in [1.165, 1.54) is 12.1 Å². The lowest BCUT2D eigenvalue weighted by atomic mass is 10.3. The molecule has 0 aliphatic carbocycles. The van der Waals surface area contributed by atoms with E-state index in [4.69, 9.17) is 9.47 Å². The number of nitrogens with zero attached hydrogens (tertiary/aromatic N) is 2. The van der Waals surface area contributed by atoms with Gasteiger partial charge in [0, 0.05) is 19.2 Å². The number of hydrogen-bond donors (Lipinski definition) is 0. The molecule has 1 aliphatic heterocycles. The average Bonchev–Trinajstić information content (AvgIpc) is 2.44. The molecule has 0 aromatic carbocycles. The van der Waals surface area contributed by atoms with Crippen molar-refractivity contribution in [1.29, 1.82) is 0 Å². The van der Waals surface area contributed by atoms with E-state index in [0.29, 0.717) is 19.7 Å². The second kappa shape index (κ2) is 6.30. The third-order valence-electron chi connectivity index (χ3n) is 2.95. The van der Waals surface area contributed by atoms with Crippen LogP contribution in [0.1, 0.15) is 12.6 Å². The van der Waals surface area contributed by atoms with E-state index in [-0.39, 0.29) is 24.5 Å². The number of morpholine rings is 1. The summed E-state index contributed by atoms with van der Waals surface area (Å²) in [4.78, 5) is 16.8. The van der Waals surface area contributed by atoms with E-state index in [9.17, 15) is 18.0 Å². The number of amides is 1. The van der Waals surface area contributed by atoms with Crippen molar-refractivity contribution in [2.45, 2.75) is 19.2 Å². The Kier molecular flexibility index (Phi) is 4.66. The molecule has 1 aromatic heterocycles. The van der Waals surface area contributed by atoms with Crippen molar-refractivity contribution in [1.82, 2.24) is 9.88 Å². The van der Waals surface area contributed by atoms with E-state index >= 15 is 0 Å². The summed E-state index contributed by atoms with van der Waals surface area (Å²) in [5.74, 6) is -0.524. The highest BCUT2D eigenvalue weighted by atomic mass is 19.4. The fourth-order valence-corrected chi connectivity index (χ4v) is 1.93. The number of alkyl halides is 3. The van der Waals surface area contributed by atoms with Crippen LogP contribution in [0.25, 0.3) is 0 Å². The average molecular weight is 304 g/mol. The summed E-state index contributed by atoms with van der Waals surface area (Å²) in [5.41, 5.74) is -1.05. The smallest absolute Gasteiger partial charge is 0.433 e. The lowest BCUT2D eigenvalue weighted by Gasteiger charge is -2.31. The van der Waals surface area contributed by atoms with Crippen LogP contribution in [0.15, 0.2) is 18.2 Å². The molecule has 1 aliphatic rings. The summed E-state index contributed by atoms with van der Waals surface area (Å²) in [7, 11) is 0. The van der Waals surface area contributed by atoms with Gasteiger partial charge in [-0.3, -0.25) is 4.79 Å². The summed E-state index contributed by atoms with van der Waals surface area (Å²) in [6.07, 6.45) is -4.60. The molecular formula is C13H15F3N2O3. The normalized spacial score (nSPS) is 19.4. The number of ether oxygens (including phenoxy) is 2. The molecule has 1 fully saturated rings. The van der Waals surface area contributed by atoms with Gasteiger partial charge in [-0.2, -0.15) is 13.2 Å². The minimum atomic E-state index is -4.54. The topological polar surface area (TPSA) is 51.7 Å². The number of carbonyl (C=O) groups excluding carboxylic acids is 1. The van der Waals surface area contributed by atoms with Gasteiger partial charge < -0.3 is 14.4 Å². The third-order valence-corrected chi connectivity index (χ3v) is 2.95. The molecule has 2 heterocycles. The molecule has 1 aromatic rings. The van der Waals surface area contributed by atoms with Gasteiger partial charge in [-0.05, 0) is 13.0 Å². The van der Waals surface area contributed by atoms with Crippen LogP contribution in [-0.2, 0) is 15.7 Å². The minimum absolute atomic E-state index is 0.0608. The van der Waals surface area contributed by atoms with Gasteiger partial charge in [-0.15, -0.1) is 0 Å². The number of rotatable bonds is 3. The molecule has 2 rings (SSSR count). The summed E-state index contributed by atoms with van der Waals surface area (Å²) in [5, 5.41) is 0. The predicted octanol–water partition coefficient (Wildman–Crippen LogP) is 1.73. The van der Waals surface area contributed by atoms with Crippen molar-refractivity contribution >= 4 is 5.91 Å². The maximum atomic E-state index is 12.5. The molecule has 1 atom stereocenters. The van der Waals surface area contributed by atoms with Crippen molar-refractivity contribution in [2.24, 2.45) is 0 Å². The molecule has 1 amide bonds. The van der Waals surface area contributed by atoms with E-state index < -0.39 is 11.9 Å². The van der Waals surface area contributed by atoms with Crippen LogP contribution in [0.4, 0.5) is 13.2 Å². The highest BCUT2D eigenvalue weighted by Gasteiger charge is 2.32. The molecular weight excluding hydrogens is 289 g/mol. The van der Waals surface area contributed by atoms with Crippen LogP contribution in [0.3, 0.4) is 0 Å². The van der Waals surface area contributed by atoms with Crippen molar-refractivity contribution in [3.05, 3.63) is 23.9 Å². The van der Waals surface area contributed by atoms with Crippen LogP contribution >= 0.6 is 0 Å². The zero-order valence-corrected chi connectivity index (χ0v) is 11.4. The van der Waals surface area contributed by atoms with Gasteiger partial charge in [0.25, 0.3) is 5.91 Å². The summed E-state index contributed by atoms with van der Waals surface area (Å²) in [6.45, 7) is 2.82. The molecule has 0 N–H and O–H groups in total. The minimum Gasteiger partial charge on any atom is -0.468 e. The first kappa shape index (κ1) is 15.6. The molecule has 5 nitrogen and oxygen atoms in total. The van der Waals surface area contributed by atoms with Gasteiger partial charge in [-0.1, -0.05) is 6.07 Å². The first-order valence-corrected chi connectivity index (χ1v) is 6.42. The molecule has 0 saturated carbocycles. The fourth-order valence-electron chi connectivity index (χ4n) is 1.93. The zero-order chi connectivity index (χ0) is 15.5. The molecule has 1 unspecified atom stereocenters. The monoisotopic (exact) mass is 304 g/mol. The Morgan fingerprint density at radius 3 is 2.95 bits per heavy atom. The van der Waals surface area contributed by atoms with E-state index in [1.54, 1.807) is 4.90 Å². The lowest BCUT2D eigenvalue weighted by molar-refractivity contribution is -0.141. The Balaban J connectivity index is 1.92. The zero-order valence-electron chi connectivity index (χ0n) is 11.4. The molecule has 116 valence electrons. The van der Waals surface area contributed by atoms with E-state index in [2.05, 4.69) is 4.98 Å². The Bertz CT molecular complexity index is 508. The summed E-state index contributed by atoms with van der Waals surface area (Å²) >= 11 is 0. The maximum absolute atomic E-state index is 12.5. The van der Waals surface area contributed by atoms with Crippen LogP contribution in [0.2, 0.25) is 0 Å². The fraction of sp³-hybridized carbons (Fsp3) is 0.538. The maximum Gasteiger partial charge on any atom is 0.433 e. The molecule has 8 heteroatoms. The molecule has 0 bridgehead atoms. The third kappa shape index (κ3) is 4.32. The van der Waals surface area contributed by atoms with Crippen molar-refractivity contribution in [3.8, 4) is 5.88 Å². The number of halogens is 3. The first-order valence-electron chi connectivity index (χ1n) is 6.42. The van der Waals surface area contributed by atoms with Crippen LogP contribution in [-0.4, -0.2) is 48.2 Å². The molecule has 0 radical (unpaired) electrons. The predicted molar refractivity (Wildman–Crippen MR) is 66.7 cm³/mol. The highest BCUT2D eigenvalue weighted by Crippen LogP contribution is 2.28. The highest BCUT2D eigenvalue weighted by molar-refractivity contribution is 5.77. The van der Waals surface area contributed by atoms with Crippen LogP contribution in [0.5, 0.6) is 5.88 Å². The number of pyridine rings is 1. The second-order valence-electron chi connectivity index (χ2n) is 4.67. The Hall–Kier alpha value is -1.83. The number of aromatic nitrogens is 1. The van der Waals surface area contributed by atoms with Crippen LogP contribution < -0.4 is 4.74 Å². The first-order chi connectivity index (χ1) is 9.86. The largest absolute Gasteiger partial charge is 0.468 e. The van der Waals surface area contributed by atoms with Gasteiger partial charge >= 0.3 is 6.18 Å². The lowest BCUT2D eigenvalue weighted by Crippen LogP contribution is -2.46. The summed E-state index contributed by atoms with van der Waals surface area (Å²) < 4.78 is 47.8. The van der Waals surface area contributed by atoms with Gasteiger partial charge in [0.2, 0.25) is 5.88 Å². The van der Waals surface area contributed by atoms with Gasteiger partial charge in [-0.25, -0.2) is 4.98 Å². The molecule has 1 saturated heterocycles. The van der Waals surface area contributed by atoms with Crippen molar-refractivity contribution in [3.63, 3.8) is 0 Å². The van der Waals surface area contributed by atoms with E-state index in [1.807, 2.05) is 6.92 Å². The Labute approximate surface area is 119 Å². The van der Waals surface area contributed by atoms with Crippen LogP contribution in [0, 0.1) is 0 Å². The van der Waals surface area contributed by atoms with Crippen molar-refractivity contribution < 1.29 is 27.4 Å². The molecule has 21 heavy (non-hydrogen) atoms.